The first-order valence-electron chi connectivity index (χ1n) is 13.6. The van der Waals surface area contributed by atoms with Gasteiger partial charge in [0.2, 0.25) is 0 Å². The summed E-state index contributed by atoms with van der Waals surface area (Å²) in [6.07, 6.45) is 0. The first-order valence-corrected chi connectivity index (χ1v) is 14.4. The monoisotopic (exact) mass is 540 g/mol. The summed E-state index contributed by atoms with van der Waals surface area (Å²) in [6, 6.07) is 44.9. The molecule has 3 heterocycles. The number of aromatic nitrogens is 1. The van der Waals surface area contributed by atoms with Gasteiger partial charge in [-0.3, -0.25) is 0 Å². The average molecular weight is 541 g/mol. The third-order valence-electron chi connectivity index (χ3n) is 8.23. The minimum atomic E-state index is 0.688. The van der Waals surface area contributed by atoms with Gasteiger partial charge in [0.1, 0.15) is 11.2 Å². The summed E-state index contributed by atoms with van der Waals surface area (Å²) in [7, 11) is 0. The molecule has 9 aromatic rings. The average Bonchev–Trinajstić information content (AvgIpc) is 3.69. The van der Waals surface area contributed by atoms with Crippen LogP contribution in [0.5, 0.6) is 0 Å². The van der Waals surface area contributed by atoms with Crippen molar-refractivity contribution < 1.29 is 4.42 Å². The fourth-order valence-electron chi connectivity index (χ4n) is 6.41. The molecule has 0 aliphatic carbocycles. The number of furan rings is 1. The van der Waals surface area contributed by atoms with Crippen molar-refractivity contribution >= 4 is 75.3 Å². The van der Waals surface area contributed by atoms with E-state index in [-0.39, 0.29) is 0 Å². The third-order valence-corrected chi connectivity index (χ3v) is 9.36. The van der Waals surface area contributed by atoms with E-state index in [1.54, 1.807) is 11.3 Å². The van der Waals surface area contributed by atoms with E-state index in [1.165, 1.54) is 42.2 Å². The van der Waals surface area contributed by atoms with Gasteiger partial charge >= 0.3 is 0 Å². The van der Waals surface area contributed by atoms with E-state index < -0.39 is 0 Å². The number of para-hydroxylation sites is 2. The van der Waals surface area contributed by atoms with Crippen LogP contribution >= 0.6 is 11.3 Å². The fourth-order valence-corrected chi connectivity index (χ4v) is 7.52. The van der Waals surface area contributed by atoms with Crippen LogP contribution in [0.4, 0.5) is 0 Å². The molecule has 0 fully saturated rings. The molecule has 0 spiro atoms. The molecule has 0 saturated heterocycles. The van der Waals surface area contributed by atoms with Gasteiger partial charge in [0.15, 0.2) is 0 Å². The SMILES string of the molecule is N#Cc1ccc2sc3cccc(-c4ccc5c(c4)c4ccccc4n5-c4ccc5oc6ccccc6c5c4)c3c2c1. The van der Waals surface area contributed by atoms with Crippen molar-refractivity contribution in [3.8, 4) is 22.9 Å². The Labute approximate surface area is 238 Å². The van der Waals surface area contributed by atoms with Crippen LogP contribution in [0.25, 0.3) is 80.7 Å². The van der Waals surface area contributed by atoms with Crippen molar-refractivity contribution in [2.75, 3.05) is 0 Å². The summed E-state index contributed by atoms with van der Waals surface area (Å²) in [4.78, 5) is 0. The zero-order valence-electron chi connectivity index (χ0n) is 21.8. The number of fused-ring (bicyclic) bond motifs is 9. The van der Waals surface area contributed by atoms with Gasteiger partial charge < -0.3 is 8.98 Å². The topological polar surface area (TPSA) is 41.9 Å². The summed E-state index contributed by atoms with van der Waals surface area (Å²) in [5.41, 5.74) is 8.29. The largest absolute Gasteiger partial charge is 0.456 e. The van der Waals surface area contributed by atoms with Crippen LogP contribution in [0.1, 0.15) is 5.56 Å². The molecule has 4 heteroatoms. The highest BCUT2D eigenvalue weighted by molar-refractivity contribution is 7.25. The molecule has 0 aliphatic rings. The summed E-state index contributed by atoms with van der Waals surface area (Å²) < 4.78 is 10.9. The summed E-state index contributed by atoms with van der Waals surface area (Å²) in [6.45, 7) is 0. The molecule has 0 amide bonds. The van der Waals surface area contributed by atoms with Gasteiger partial charge in [0, 0.05) is 47.4 Å². The summed E-state index contributed by atoms with van der Waals surface area (Å²) >= 11 is 1.78. The quantitative estimate of drug-likeness (QED) is 0.219. The minimum Gasteiger partial charge on any atom is -0.456 e. The Morgan fingerprint density at radius 2 is 1.41 bits per heavy atom. The number of hydrogen-bond acceptors (Lipinski definition) is 3. The molecule has 9 rings (SSSR count). The van der Waals surface area contributed by atoms with Gasteiger partial charge in [0.05, 0.1) is 22.7 Å². The zero-order valence-corrected chi connectivity index (χ0v) is 22.6. The van der Waals surface area contributed by atoms with Crippen LogP contribution in [0, 0.1) is 11.3 Å². The van der Waals surface area contributed by atoms with E-state index in [1.807, 2.05) is 24.3 Å². The molecule has 3 nitrogen and oxygen atoms in total. The van der Waals surface area contributed by atoms with Crippen LogP contribution in [0.3, 0.4) is 0 Å². The Kier molecular flexibility index (Phi) is 4.55. The van der Waals surface area contributed by atoms with E-state index in [9.17, 15) is 5.26 Å². The van der Waals surface area contributed by atoms with E-state index in [0.717, 1.165) is 38.5 Å². The normalized spacial score (nSPS) is 11.9. The van der Waals surface area contributed by atoms with Gasteiger partial charge in [-0.1, -0.05) is 54.6 Å². The molecule has 0 aliphatic heterocycles. The Morgan fingerprint density at radius 1 is 0.585 bits per heavy atom. The lowest BCUT2D eigenvalue weighted by Crippen LogP contribution is -1.93. The molecule has 0 atom stereocenters. The Bertz CT molecular complexity index is 2560. The predicted molar refractivity (Wildman–Crippen MR) is 171 cm³/mol. The smallest absolute Gasteiger partial charge is 0.135 e. The number of benzene rings is 6. The maximum Gasteiger partial charge on any atom is 0.135 e. The zero-order chi connectivity index (χ0) is 27.1. The molecular weight excluding hydrogens is 520 g/mol. The summed E-state index contributed by atoms with van der Waals surface area (Å²) in [5, 5.41) is 16.6. The van der Waals surface area contributed by atoms with Gasteiger partial charge in [-0.25, -0.2) is 0 Å². The van der Waals surface area contributed by atoms with E-state index in [0.29, 0.717) is 5.56 Å². The van der Waals surface area contributed by atoms with Crippen molar-refractivity contribution in [2.45, 2.75) is 0 Å². The second-order valence-electron chi connectivity index (χ2n) is 10.5. The molecule has 0 saturated carbocycles. The Balaban J connectivity index is 1.31. The van der Waals surface area contributed by atoms with Gasteiger partial charge in [-0.05, 0) is 77.9 Å². The van der Waals surface area contributed by atoms with Crippen molar-refractivity contribution in [3.05, 3.63) is 127 Å². The third kappa shape index (κ3) is 3.18. The van der Waals surface area contributed by atoms with Gasteiger partial charge in [-0.15, -0.1) is 11.3 Å². The lowest BCUT2D eigenvalue weighted by atomic mass is 9.97. The predicted octanol–water partition coefficient (Wildman–Crippen LogP) is 10.6. The van der Waals surface area contributed by atoms with Crippen LogP contribution < -0.4 is 0 Å². The fraction of sp³-hybridized carbons (Fsp3) is 0. The van der Waals surface area contributed by atoms with E-state index in [2.05, 4.69) is 108 Å². The van der Waals surface area contributed by atoms with Crippen molar-refractivity contribution in [3.63, 3.8) is 0 Å². The van der Waals surface area contributed by atoms with Gasteiger partial charge in [-0.2, -0.15) is 5.26 Å². The van der Waals surface area contributed by atoms with E-state index in [4.69, 9.17) is 4.42 Å². The summed E-state index contributed by atoms with van der Waals surface area (Å²) in [5.74, 6) is 0. The number of nitrogens with zero attached hydrogens (tertiary/aromatic N) is 2. The first-order chi connectivity index (χ1) is 20.3. The van der Waals surface area contributed by atoms with Crippen molar-refractivity contribution in [1.82, 2.24) is 4.57 Å². The van der Waals surface area contributed by atoms with E-state index >= 15 is 0 Å². The lowest BCUT2D eigenvalue weighted by Gasteiger charge is -2.09. The van der Waals surface area contributed by atoms with Crippen molar-refractivity contribution in [2.24, 2.45) is 0 Å². The Morgan fingerprint density at radius 3 is 2.34 bits per heavy atom. The van der Waals surface area contributed by atoms with Gasteiger partial charge in [0.25, 0.3) is 0 Å². The molecule has 190 valence electrons. The first kappa shape index (κ1) is 22.4. The second-order valence-corrected chi connectivity index (χ2v) is 11.6. The standard InChI is InChI=1S/C37H20N2OS/c38-21-22-12-17-35-30(18-22)37-25(8-5-11-36(37)41-35)23-13-15-32-28(19-23)26-6-1-3-9-31(26)39(32)24-14-16-34-29(20-24)27-7-2-4-10-33(27)40-34/h1-20H. The van der Waals surface area contributed by atoms with Crippen molar-refractivity contribution in [1.29, 1.82) is 5.26 Å². The number of rotatable bonds is 2. The number of thiophene rings is 1. The molecule has 0 bridgehead atoms. The van der Waals surface area contributed by atoms with Crippen LogP contribution in [-0.4, -0.2) is 4.57 Å². The molecule has 0 radical (unpaired) electrons. The Hall–Kier alpha value is -5.37. The second kappa shape index (κ2) is 8.32. The minimum absolute atomic E-state index is 0.688. The lowest BCUT2D eigenvalue weighted by molar-refractivity contribution is 0.669. The highest BCUT2D eigenvalue weighted by Crippen LogP contribution is 2.42. The van der Waals surface area contributed by atoms with Crippen LogP contribution in [0.2, 0.25) is 0 Å². The maximum atomic E-state index is 9.55. The molecule has 0 N–H and O–H groups in total. The molecule has 6 aromatic carbocycles. The van der Waals surface area contributed by atoms with Crippen LogP contribution in [0.15, 0.2) is 126 Å². The van der Waals surface area contributed by atoms with Crippen LogP contribution in [-0.2, 0) is 0 Å². The molecular formula is C37H20N2OS. The molecule has 3 aromatic heterocycles. The highest BCUT2D eigenvalue weighted by atomic mass is 32.1. The maximum absolute atomic E-state index is 9.55. The molecule has 0 unspecified atom stereocenters. The molecule has 41 heavy (non-hydrogen) atoms. The highest BCUT2D eigenvalue weighted by Gasteiger charge is 2.17. The number of hydrogen-bond donors (Lipinski definition) is 0. The number of nitriles is 1.